The average molecular weight is 326 g/mol. The molecule has 1 atom stereocenters. The molecule has 6 heteroatoms. The molecule has 1 aromatic heterocycles. The molecule has 0 radical (unpaired) electrons. The average Bonchev–Trinajstić information content (AvgIpc) is 3.23. The summed E-state index contributed by atoms with van der Waals surface area (Å²) in [7, 11) is 0. The van der Waals surface area contributed by atoms with Gasteiger partial charge in [0.05, 0.1) is 6.54 Å². The van der Waals surface area contributed by atoms with E-state index in [0.717, 1.165) is 32.6 Å². The molecule has 0 spiro atoms. The summed E-state index contributed by atoms with van der Waals surface area (Å²) in [6.07, 6.45) is 0.930. The Labute approximate surface area is 141 Å². The number of benzene rings is 1. The second kappa shape index (κ2) is 6.19. The van der Waals surface area contributed by atoms with Crippen molar-refractivity contribution in [1.82, 2.24) is 14.7 Å². The fourth-order valence-corrected chi connectivity index (χ4v) is 3.51. The number of ether oxygens (including phenoxy) is 1. The zero-order chi connectivity index (χ0) is 16.5. The topological polar surface area (TPSA) is 50.6 Å². The van der Waals surface area contributed by atoms with Gasteiger partial charge in [-0.25, -0.2) is 4.68 Å². The lowest BCUT2D eigenvalue weighted by molar-refractivity contribution is 0.0644. The first-order valence-corrected chi connectivity index (χ1v) is 8.58. The number of carbonyl (C=O) groups is 1. The minimum absolute atomic E-state index is 0.0139. The summed E-state index contributed by atoms with van der Waals surface area (Å²) in [6, 6.07) is 12.4. The van der Waals surface area contributed by atoms with Gasteiger partial charge in [0.25, 0.3) is 5.91 Å². The first kappa shape index (κ1) is 15.1. The van der Waals surface area contributed by atoms with Crippen LogP contribution in [0, 0.1) is 0 Å². The maximum atomic E-state index is 12.9. The molecule has 24 heavy (non-hydrogen) atoms. The Hall–Kier alpha value is -2.50. The minimum Gasteiger partial charge on any atom is -0.476 e. The molecule has 1 unspecified atom stereocenters. The number of anilines is 1. The number of fused-ring (bicyclic) bond motifs is 1. The predicted molar refractivity (Wildman–Crippen MR) is 91.5 cm³/mol. The third kappa shape index (κ3) is 2.62. The molecule has 1 amide bonds. The molecule has 4 rings (SSSR count). The molecule has 1 saturated heterocycles. The van der Waals surface area contributed by atoms with E-state index in [1.54, 1.807) is 10.7 Å². The molecule has 0 aliphatic carbocycles. The van der Waals surface area contributed by atoms with Crippen molar-refractivity contribution >= 4 is 11.6 Å². The summed E-state index contributed by atoms with van der Waals surface area (Å²) in [6.45, 7) is 5.92. The summed E-state index contributed by atoms with van der Waals surface area (Å²) in [5.41, 5.74) is 1.72. The number of hydrogen-bond acceptors (Lipinski definition) is 4. The number of carbonyl (C=O) groups excluding carboxylic acids is 1. The molecule has 0 N–H and O–H groups in total. The predicted octanol–water partition coefficient (Wildman–Crippen LogP) is 2.02. The standard InChI is InChI=1S/C18H22N4O2/c1-2-14-13-20(15-6-4-3-5-7-15)8-9-21(14)18(23)16-12-17-22(19-16)10-11-24-17/h3-7,12,14H,2,8-11,13H2,1H3. The van der Waals surface area contributed by atoms with Gasteiger partial charge in [0.2, 0.25) is 5.88 Å². The third-order valence-corrected chi connectivity index (χ3v) is 4.85. The highest BCUT2D eigenvalue weighted by atomic mass is 16.5. The maximum Gasteiger partial charge on any atom is 0.274 e. The van der Waals surface area contributed by atoms with E-state index in [9.17, 15) is 4.79 Å². The van der Waals surface area contributed by atoms with Crippen LogP contribution >= 0.6 is 0 Å². The van der Waals surface area contributed by atoms with Crippen molar-refractivity contribution in [1.29, 1.82) is 0 Å². The van der Waals surface area contributed by atoms with Crippen molar-refractivity contribution in [3.63, 3.8) is 0 Å². The summed E-state index contributed by atoms with van der Waals surface area (Å²) in [4.78, 5) is 17.2. The number of para-hydroxylation sites is 1. The first-order valence-electron chi connectivity index (χ1n) is 8.58. The normalized spacial score (nSPS) is 20.0. The van der Waals surface area contributed by atoms with Crippen molar-refractivity contribution in [2.45, 2.75) is 25.9 Å². The van der Waals surface area contributed by atoms with Gasteiger partial charge in [0, 0.05) is 37.4 Å². The van der Waals surface area contributed by atoms with Crippen molar-refractivity contribution in [2.24, 2.45) is 0 Å². The van der Waals surface area contributed by atoms with Crippen LogP contribution in [0.15, 0.2) is 36.4 Å². The molecule has 0 bridgehead atoms. The van der Waals surface area contributed by atoms with Gasteiger partial charge in [-0.2, -0.15) is 5.10 Å². The quantitative estimate of drug-likeness (QED) is 0.866. The van der Waals surface area contributed by atoms with Gasteiger partial charge in [-0.1, -0.05) is 25.1 Å². The summed E-state index contributed by atoms with van der Waals surface area (Å²) in [5.74, 6) is 0.717. The Balaban J connectivity index is 1.50. The van der Waals surface area contributed by atoms with Gasteiger partial charge in [-0.05, 0) is 18.6 Å². The van der Waals surface area contributed by atoms with Crippen LogP contribution in [0.1, 0.15) is 23.8 Å². The molecule has 2 aromatic rings. The van der Waals surface area contributed by atoms with Crippen LogP contribution in [-0.4, -0.2) is 52.9 Å². The Morgan fingerprint density at radius 1 is 1.25 bits per heavy atom. The molecule has 1 fully saturated rings. The molecule has 1 aromatic carbocycles. The number of piperazine rings is 1. The molecule has 126 valence electrons. The van der Waals surface area contributed by atoms with Crippen LogP contribution in [0.4, 0.5) is 5.69 Å². The fourth-order valence-electron chi connectivity index (χ4n) is 3.51. The summed E-state index contributed by atoms with van der Waals surface area (Å²) >= 11 is 0. The van der Waals surface area contributed by atoms with Crippen LogP contribution in [0.3, 0.4) is 0 Å². The van der Waals surface area contributed by atoms with Gasteiger partial charge in [-0.3, -0.25) is 4.79 Å². The third-order valence-electron chi connectivity index (χ3n) is 4.85. The largest absolute Gasteiger partial charge is 0.476 e. The molecule has 3 heterocycles. The van der Waals surface area contributed by atoms with Crippen LogP contribution in [0.2, 0.25) is 0 Å². The number of aromatic nitrogens is 2. The Morgan fingerprint density at radius 2 is 2.08 bits per heavy atom. The lowest BCUT2D eigenvalue weighted by atomic mass is 10.1. The van der Waals surface area contributed by atoms with E-state index < -0.39 is 0 Å². The lowest BCUT2D eigenvalue weighted by Gasteiger charge is -2.42. The fraction of sp³-hybridized carbons (Fsp3) is 0.444. The van der Waals surface area contributed by atoms with Gasteiger partial charge in [0.1, 0.15) is 6.61 Å². The monoisotopic (exact) mass is 326 g/mol. The molecule has 2 aliphatic rings. The van der Waals surface area contributed by atoms with Crippen LogP contribution < -0.4 is 9.64 Å². The lowest BCUT2D eigenvalue weighted by Crippen LogP contribution is -2.55. The Bertz CT molecular complexity index is 706. The van der Waals surface area contributed by atoms with Crippen LogP contribution in [-0.2, 0) is 6.54 Å². The highest BCUT2D eigenvalue weighted by Crippen LogP contribution is 2.24. The van der Waals surface area contributed by atoms with E-state index in [1.807, 2.05) is 11.0 Å². The molecular weight excluding hydrogens is 304 g/mol. The number of hydrogen-bond donors (Lipinski definition) is 0. The van der Waals surface area contributed by atoms with Crippen molar-refractivity contribution in [2.75, 3.05) is 31.1 Å². The summed E-state index contributed by atoms with van der Waals surface area (Å²) < 4.78 is 7.24. The Kier molecular flexibility index (Phi) is 3.88. The molecule has 2 aliphatic heterocycles. The van der Waals surface area contributed by atoms with E-state index in [-0.39, 0.29) is 11.9 Å². The van der Waals surface area contributed by atoms with Crippen LogP contribution in [0.25, 0.3) is 0 Å². The van der Waals surface area contributed by atoms with Crippen LogP contribution in [0.5, 0.6) is 5.88 Å². The SMILES string of the molecule is CCC1CN(c2ccccc2)CCN1C(=O)c1cc2n(n1)CCO2. The molecule has 0 saturated carbocycles. The smallest absolute Gasteiger partial charge is 0.274 e. The van der Waals surface area contributed by atoms with Crippen molar-refractivity contribution in [3.8, 4) is 5.88 Å². The first-order chi connectivity index (χ1) is 11.8. The van der Waals surface area contributed by atoms with E-state index in [4.69, 9.17) is 4.74 Å². The van der Waals surface area contributed by atoms with Gasteiger partial charge in [0.15, 0.2) is 5.69 Å². The highest BCUT2D eigenvalue weighted by Gasteiger charge is 2.32. The minimum atomic E-state index is 0.0139. The van der Waals surface area contributed by atoms with E-state index in [0.29, 0.717) is 18.2 Å². The zero-order valence-electron chi connectivity index (χ0n) is 13.9. The van der Waals surface area contributed by atoms with Crippen molar-refractivity contribution < 1.29 is 9.53 Å². The highest BCUT2D eigenvalue weighted by molar-refractivity contribution is 5.93. The van der Waals surface area contributed by atoms with Crippen molar-refractivity contribution in [3.05, 3.63) is 42.1 Å². The summed E-state index contributed by atoms with van der Waals surface area (Å²) in [5, 5.41) is 4.40. The number of amides is 1. The maximum absolute atomic E-state index is 12.9. The second-order valence-corrected chi connectivity index (χ2v) is 6.28. The van der Waals surface area contributed by atoms with E-state index in [2.05, 4.69) is 41.2 Å². The van der Waals surface area contributed by atoms with Gasteiger partial charge < -0.3 is 14.5 Å². The van der Waals surface area contributed by atoms with E-state index in [1.165, 1.54) is 5.69 Å². The van der Waals surface area contributed by atoms with E-state index >= 15 is 0 Å². The Morgan fingerprint density at radius 3 is 2.83 bits per heavy atom. The number of rotatable bonds is 3. The van der Waals surface area contributed by atoms with Gasteiger partial charge in [-0.15, -0.1) is 0 Å². The van der Waals surface area contributed by atoms with Gasteiger partial charge >= 0.3 is 0 Å². The number of nitrogens with zero attached hydrogens (tertiary/aromatic N) is 4. The zero-order valence-corrected chi connectivity index (χ0v) is 13.9. The second-order valence-electron chi connectivity index (χ2n) is 6.28. The molecular formula is C18H22N4O2. The molecule has 6 nitrogen and oxygen atoms in total.